The Hall–Kier alpha value is -6.02. The third-order valence-corrected chi connectivity index (χ3v) is 23.6. The summed E-state index contributed by atoms with van der Waals surface area (Å²) in [5.41, 5.74) is 10.2. The normalized spacial score (nSPS) is 11.7. The summed E-state index contributed by atoms with van der Waals surface area (Å²) in [6.07, 6.45) is 69.1. The van der Waals surface area contributed by atoms with Crippen LogP contribution in [0, 0.1) is 82.9 Å². The van der Waals surface area contributed by atoms with E-state index < -0.39 is 0 Å². The standard InChI is InChI=1S/3C17H33N3.4C14H27N3/c1-14(2)10-7-5-6-8-12-16-17(19-20-18-16)13-9-11-15(3)4;2*1-15(2)10-8-6-5-7-9-11-17-14-18-19-20(17)13-12-16(3)4;2*1-12(2)7-5-6-8-14-11-15-16-17(14)10-9-13(3)4;2*1-12(2)8-6-5-7-9-14-10-15-16-17(14)11-13(3)4/h14-15H,5-13H2,1-4H3,(H,18,19,20);2*14-16H,5-13H2,1-4H3;2*11-13H,5-10H2,1-4H3;2*10,12-13H,5-9,11H2,1-4H3. The molecule has 0 saturated carbocycles. The smallest absolute Gasteiger partial charge is 0.0856 e. The van der Waals surface area contributed by atoms with Gasteiger partial charge in [0.2, 0.25) is 0 Å². The number of aryl methyl sites for hydroxylation is 12. The molecule has 0 aliphatic carbocycles. The van der Waals surface area contributed by atoms with Gasteiger partial charge in [0.05, 0.1) is 82.7 Å². The first-order valence-electron chi connectivity index (χ1n) is 53.3. The van der Waals surface area contributed by atoms with Crippen molar-refractivity contribution in [2.45, 2.75) is 522 Å². The zero-order valence-corrected chi connectivity index (χ0v) is 89.1. The van der Waals surface area contributed by atoms with E-state index in [0.29, 0.717) is 11.8 Å². The summed E-state index contributed by atoms with van der Waals surface area (Å²) in [5.74, 6) is 10.8. The van der Waals surface area contributed by atoms with Gasteiger partial charge >= 0.3 is 0 Å². The summed E-state index contributed by atoms with van der Waals surface area (Å²) in [7, 11) is 0. The van der Waals surface area contributed by atoms with Crippen LogP contribution in [0.5, 0.6) is 0 Å². The Balaban J connectivity index is 0.000000748. The maximum atomic E-state index is 4.32. The quantitative estimate of drug-likeness (QED) is 0.0350. The molecule has 0 aromatic carbocycles. The maximum absolute atomic E-state index is 4.32. The highest BCUT2D eigenvalue weighted by Gasteiger charge is 2.14. The lowest BCUT2D eigenvalue weighted by molar-refractivity contribution is 0.453. The molecule has 0 unspecified atom stereocenters. The number of nitrogens with one attached hydrogen (secondary N) is 1. The number of hydrogen-bond acceptors (Lipinski definition) is 14. The molecule has 740 valence electrons. The van der Waals surface area contributed by atoms with Crippen molar-refractivity contribution in [3.05, 3.63) is 82.7 Å². The minimum atomic E-state index is 0.636. The second-order valence-corrected chi connectivity index (χ2v) is 43.6. The van der Waals surface area contributed by atoms with Crippen molar-refractivity contribution in [1.29, 1.82) is 0 Å². The summed E-state index contributed by atoms with van der Waals surface area (Å²) < 4.78 is 12.5. The fourth-order valence-corrected chi connectivity index (χ4v) is 15.2. The second kappa shape index (κ2) is 77.4. The highest BCUT2D eigenvalue weighted by Crippen LogP contribution is 2.22. The fourth-order valence-electron chi connectivity index (χ4n) is 15.2. The first-order valence-corrected chi connectivity index (χ1v) is 53.3. The average Bonchev–Trinajstić information content (AvgIpc) is 1.95. The van der Waals surface area contributed by atoms with Crippen LogP contribution in [0.25, 0.3) is 0 Å². The van der Waals surface area contributed by atoms with Gasteiger partial charge in [0.25, 0.3) is 0 Å². The number of unbranched alkanes of at least 4 members (excludes halogenated alkanes) is 17. The lowest BCUT2D eigenvalue weighted by atomic mass is 10.0. The van der Waals surface area contributed by atoms with E-state index in [0.717, 1.165) is 162 Å². The third kappa shape index (κ3) is 68.9. The number of nitrogens with zero attached hydrogens (tertiary/aromatic N) is 20. The molecule has 128 heavy (non-hydrogen) atoms. The molecule has 21 heteroatoms. The SMILES string of the molecule is CC(C)CCCCCCCc1cnnn1CCC(C)C.CC(C)CCCCCCCc1cnnn1CCC(C)C.CC(C)CCCCCCc1n[nH]nc1CCCC(C)C.CC(C)CCCCCc1cnnn1CC(C)C.CC(C)CCCCCc1cnnn1CC(C)C.CC(C)CCCCc1cnnn1CCC(C)C.CC(C)CCCCc1cnnn1CCC(C)C. The van der Waals surface area contributed by atoms with Crippen molar-refractivity contribution in [3.63, 3.8) is 0 Å². The van der Waals surface area contributed by atoms with Crippen LogP contribution in [0.4, 0.5) is 0 Å². The van der Waals surface area contributed by atoms with Crippen LogP contribution in [-0.4, -0.2) is 105 Å². The monoisotopic (exact) mass is 1790 g/mol. The topological polar surface area (TPSA) is 226 Å². The third-order valence-electron chi connectivity index (χ3n) is 23.6. The van der Waals surface area contributed by atoms with Crippen molar-refractivity contribution >= 4 is 0 Å². The summed E-state index contributed by atoms with van der Waals surface area (Å²) >= 11 is 0. The molecular formula is C107H207N21. The molecule has 7 rings (SSSR count). The Labute approximate surface area is 788 Å². The zero-order valence-electron chi connectivity index (χ0n) is 89.1. The van der Waals surface area contributed by atoms with E-state index >= 15 is 0 Å². The van der Waals surface area contributed by atoms with Crippen LogP contribution in [0.1, 0.15) is 477 Å². The number of rotatable bonds is 65. The molecule has 1 N–H and O–H groups in total. The Morgan fingerprint density at radius 1 is 0.180 bits per heavy atom. The number of hydrogen-bond donors (Lipinski definition) is 1. The predicted molar refractivity (Wildman–Crippen MR) is 545 cm³/mol. The molecule has 0 radical (unpaired) electrons. The summed E-state index contributed by atoms with van der Waals surface area (Å²) in [6, 6.07) is 0. The van der Waals surface area contributed by atoms with Gasteiger partial charge in [0.15, 0.2) is 0 Å². The molecule has 7 heterocycles. The van der Waals surface area contributed by atoms with Crippen LogP contribution in [-0.2, 0) is 90.6 Å². The lowest BCUT2D eigenvalue weighted by Crippen LogP contribution is -2.09. The Morgan fingerprint density at radius 2 is 0.344 bits per heavy atom. The van der Waals surface area contributed by atoms with Crippen molar-refractivity contribution < 1.29 is 0 Å². The van der Waals surface area contributed by atoms with Gasteiger partial charge in [-0.2, -0.15) is 15.4 Å². The van der Waals surface area contributed by atoms with E-state index in [1.807, 2.05) is 37.2 Å². The molecule has 0 bridgehead atoms. The molecule has 0 saturated heterocycles. The van der Waals surface area contributed by atoms with Gasteiger partial charge in [-0.05, 0) is 211 Å². The van der Waals surface area contributed by atoms with Crippen molar-refractivity contribution in [3.8, 4) is 0 Å². The number of H-pyrrole nitrogens is 1. The minimum absolute atomic E-state index is 0.636. The summed E-state index contributed by atoms with van der Waals surface area (Å²) in [4.78, 5) is 0. The highest BCUT2D eigenvalue weighted by molar-refractivity contribution is 5.09. The molecular weight excluding hydrogens is 1580 g/mol. The van der Waals surface area contributed by atoms with E-state index in [1.165, 1.54) is 283 Å². The number of aromatic nitrogens is 21. The van der Waals surface area contributed by atoms with Gasteiger partial charge in [-0.15, -0.1) is 30.6 Å². The molecule has 7 aromatic rings. The molecule has 0 atom stereocenters. The van der Waals surface area contributed by atoms with Crippen molar-refractivity contribution in [2.75, 3.05) is 0 Å². The van der Waals surface area contributed by atoms with Crippen molar-refractivity contribution in [2.24, 2.45) is 82.9 Å². The van der Waals surface area contributed by atoms with Crippen LogP contribution in [0.3, 0.4) is 0 Å². The zero-order chi connectivity index (χ0) is 95.1. The molecule has 0 spiro atoms. The molecule has 0 fully saturated rings. The Morgan fingerprint density at radius 3 is 0.570 bits per heavy atom. The van der Waals surface area contributed by atoms with Gasteiger partial charge in [-0.1, -0.05) is 386 Å². The Bertz CT molecular complexity index is 3310. The van der Waals surface area contributed by atoms with Gasteiger partial charge in [0, 0.05) is 39.3 Å². The fraction of sp³-hybridized carbons (Fsp3) is 0.869. The van der Waals surface area contributed by atoms with Crippen molar-refractivity contribution in [1.82, 2.24) is 105 Å². The van der Waals surface area contributed by atoms with Crippen LogP contribution < -0.4 is 0 Å². The van der Waals surface area contributed by atoms with E-state index in [4.69, 9.17) is 0 Å². The molecule has 0 aliphatic heterocycles. The van der Waals surface area contributed by atoms with E-state index in [-0.39, 0.29) is 0 Å². The van der Waals surface area contributed by atoms with Crippen LogP contribution in [0.2, 0.25) is 0 Å². The number of aromatic amines is 1. The van der Waals surface area contributed by atoms with Gasteiger partial charge in [0.1, 0.15) is 0 Å². The van der Waals surface area contributed by atoms with E-state index in [1.54, 1.807) is 0 Å². The summed E-state index contributed by atoms with van der Waals surface area (Å²) in [5, 5.41) is 60.7. The van der Waals surface area contributed by atoms with E-state index in [9.17, 15) is 0 Å². The lowest BCUT2D eigenvalue weighted by Gasteiger charge is -2.08. The molecule has 0 aliphatic rings. The largest absolute Gasteiger partial charge is 0.249 e. The molecule has 0 amide bonds. The second-order valence-electron chi connectivity index (χ2n) is 43.6. The molecule has 7 aromatic heterocycles. The predicted octanol–water partition coefficient (Wildman–Crippen LogP) is 29.4. The minimum Gasteiger partial charge on any atom is -0.249 e. The highest BCUT2D eigenvalue weighted by atomic mass is 15.5. The maximum Gasteiger partial charge on any atom is 0.0856 e. The van der Waals surface area contributed by atoms with Gasteiger partial charge < -0.3 is 0 Å². The van der Waals surface area contributed by atoms with Crippen LogP contribution >= 0.6 is 0 Å². The van der Waals surface area contributed by atoms with Gasteiger partial charge in [-0.3, -0.25) is 0 Å². The first kappa shape index (κ1) is 120. The first-order chi connectivity index (χ1) is 61.1. The summed E-state index contributed by atoms with van der Waals surface area (Å²) in [6.45, 7) is 69.6. The Kier molecular flexibility index (Phi) is 72.6. The average molecular weight is 1790 g/mol. The molecule has 21 nitrogen and oxygen atoms in total. The van der Waals surface area contributed by atoms with Crippen LogP contribution in [0.15, 0.2) is 37.2 Å². The van der Waals surface area contributed by atoms with E-state index in [2.05, 4.69) is 299 Å². The van der Waals surface area contributed by atoms with Gasteiger partial charge in [-0.25, -0.2) is 28.1 Å².